The molecule has 1 fully saturated rings. The number of nitrogens with one attached hydrogen (secondary N) is 2. The third-order valence-electron chi connectivity index (χ3n) is 3.41. The summed E-state index contributed by atoms with van der Waals surface area (Å²) in [5.74, 6) is -0.141. The molecular weight excluding hydrogens is 252 g/mol. The van der Waals surface area contributed by atoms with Gasteiger partial charge in [0.2, 0.25) is 0 Å². The van der Waals surface area contributed by atoms with Crippen molar-refractivity contribution in [1.29, 1.82) is 0 Å². The van der Waals surface area contributed by atoms with Gasteiger partial charge in [0, 0.05) is 31.5 Å². The van der Waals surface area contributed by atoms with Crippen LogP contribution in [-0.4, -0.2) is 21.7 Å². The van der Waals surface area contributed by atoms with Crippen LogP contribution in [0, 0.1) is 0 Å². The van der Waals surface area contributed by atoms with Crippen LogP contribution in [0.3, 0.4) is 0 Å². The van der Waals surface area contributed by atoms with Gasteiger partial charge in [-0.25, -0.2) is 0 Å². The standard InChI is InChI=1S/C15H18N4O/c1-19-14(7-8-17-19)15(20)18-13-4-2-3-11(9-13)10-16-12-5-6-12/h2-4,7-9,12,16H,5-6,10H2,1H3,(H,18,20). The average Bonchev–Trinajstić information content (AvgIpc) is 3.17. The highest BCUT2D eigenvalue weighted by atomic mass is 16.2. The van der Waals surface area contributed by atoms with Crippen LogP contribution in [0.15, 0.2) is 36.5 Å². The number of carbonyl (C=O) groups is 1. The number of hydrogen-bond acceptors (Lipinski definition) is 3. The molecule has 5 nitrogen and oxygen atoms in total. The molecule has 5 heteroatoms. The van der Waals surface area contributed by atoms with Gasteiger partial charge in [-0.15, -0.1) is 0 Å². The Morgan fingerprint density at radius 1 is 1.40 bits per heavy atom. The normalized spacial score (nSPS) is 14.2. The van der Waals surface area contributed by atoms with Gasteiger partial charge >= 0.3 is 0 Å². The van der Waals surface area contributed by atoms with E-state index in [2.05, 4.69) is 21.8 Å². The molecule has 20 heavy (non-hydrogen) atoms. The van der Waals surface area contributed by atoms with Gasteiger partial charge in [-0.3, -0.25) is 9.48 Å². The number of carbonyl (C=O) groups excluding carboxylic acids is 1. The van der Waals surface area contributed by atoms with Gasteiger partial charge in [0.05, 0.1) is 0 Å². The first-order chi connectivity index (χ1) is 9.72. The Bertz CT molecular complexity index is 616. The number of nitrogens with zero attached hydrogens (tertiary/aromatic N) is 2. The van der Waals surface area contributed by atoms with Crippen LogP contribution < -0.4 is 10.6 Å². The van der Waals surface area contributed by atoms with E-state index in [0.717, 1.165) is 12.2 Å². The minimum absolute atomic E-state index is 0.141. The second-order valence-corrected chi connectivity index (χ2v) is 5.15. The van der Waals surface area contributed by atoms with E-state index in [0.29, 0.717) is 11.7 Å². The van der Waals surface area contributed by atoms with E-state index in [1.807, 2.05) is 18.2 Å². The summed E-state index contributed by atoms with van der Waals surface area (Å²) in [6.45, 7) is 0.847. The van der Waals surface area contributed by atoms with Crippen LogP contribution >= 0.6 is 0 Å². The first-order valence-corrected chi connectivity index (χ1v) is 6.84. The van der Waals surface area contributed by atoms with Gasteiger partial charge in [-0.05, 0) is 36.6 Å². The van der Waals surface area contributed by atoms with E-state index in [1.165, 1.54) is 18.4 Å². The lowest BCUT2D eigenvalue weighted by atomic mass is 10.2. The summed E-state index contributed by atoms with van der Waals surface area (Å²) in [5, 5.41) is 10.4. The molecule has 0 spiro atoms. The van der Waals surface area contributed by atoms with Crippen molar-refractivity contribution in [1.82, 2.24) is 15.1 Å². The van der Waals surface area contributed by atoms with E-state index < -0.39 is 0 Å². The van der Waals surface area contributed by atoms with E-state index >= 15 is 0 Å². The Hall–Kier alpha value is -2.14. The molecule has 0 radical (unpaired) electrons. The predicted octanol–water partition coefficient (Wildman–Crippen LogP) is 1.92. The summed E-state index contributed by atoms with van der Waals surface area (Å²) in [7, 11) is 1.75. The average molecular weight is 270 g/mol. The Balaban J connectivity index is 1.65. The van der Waals surface area contributed by atoms with Crippen LogP contribution in [0.1, 0.15) is 28.9 Å². The molecule has 1 aromatic heterocycles. The topological polar surface area (TPSA) is 59.0 Å². The first kappa shape index (κ1) is 12.9. The molecular formula is C15H18N4O. The summed E-state index contributed by atoms with van der Waals surface area (Å²) < 4.78 is 1.56. The van der Waals surface area contributed by atoms with Gasteiger partial charge in [0.25, 0.3) is 5.91 Å². The van der Waals surface area contributed by atoms with Gasteiger partial charge in [0.15, 0.2) is 0 Å². The third-order valence-corrected chi connectivity index (χ3v) is 3.41. The minimum Gasteiger partial charge on any atom is -0.321 e. The summed E-state index contributed by atoms with van der Waals surface area (Å²) in [6.07, 6.45) is 4.17. The predicted molar refractivity (Wildman–Crippen MR) is 77.5 cm³/mol. The number of amides is 1. The lowest BCUT2D eigenvalue weighted by Gasteiger charge is -2.08. The lowest BCUT2D eigenvalue weighted by molar-refractivity contribution is 0.101. The molecule has 2 N–H and O–H groups in total. The molecule has 0 saturated heterocycles. The second kappa shape index (κ2) is 5.46. The van der Waals surface area contributed by atoms with Gasteiger partial charge in [-0.2, -0.15) is 5.10 Å². The second-order valence-electron chi connectivity index (χ2n) is 5.15. The monoisotopic (exact) mass is 270 g/mol. The number of rotatable bonds is 5. The van der Waals surface area contributed by atoms with E-state index in [-0.39, 0.29) is 5.91 Å². The third kappa shape index (κ3) is 3.05. The molecule has 104 valence electrons. The Morgan fingerprint density at radius 3 is 2.95 bits per heavy atom. The van der Waals surface area contributed by atoms with Crippen LogP contribution in [0.5, 0.6) is 0 Å². The SMILES string of the molecule is Cn1nccc1C(=O)Nc1cccc(CNC2CC2)c1. The fraction of sp³-hybridized carbons (Fsp3) is 0.333. The molecule has 0 atom stereocenters. The smallest absolute Gasteiger partial charge is 0.273 e. The Morgan fingerprint density at radius 2 is 2.25 bits per heavy atom. The van der Waals surface area contributed by atoms with Crippen molar-refractivity contribution in [2.75, 3.05) is 5.32 Å². The van der Waals surface area contributed by atoms with Gasteiger partial charge in [-0.1, -0.05) is 12.1 Å². The van der Waals surface area contributed by atoms with Crippen LogP contribution in [0.25, 0.3) is 0 Å². The Labute approximate surface area is 118 Å². The molecule has 2 aromatic rings. The molecule has 0 aliphatic heterocycles. The zero-order valence-corrected chi connectivity index (χ0v) is 11.5. The maximum absolute atomic E-state index is 12.1. The van der Waals surface area contributed by atoms with Crippen LogP contribution in [-0.2, 0) is 13.6 Å². The maximum Gasteiger partial charge on any atom is 0.273 e. The summed E-state index contributed by atoms with van der Waals surface area (Å²) >= 11 is 0. The summed E-state index contributed by atoms with van der Waals surface area (Å²) in [5.41, 5.74) is 2.54. The quantitative estimate of drug-likeness (QED) is 0.872. The van der Waals surface area contributed by atoms with E-state index in [1.54, 1.807) is 24.0 Å². The fourth-order valence-electron chi connectivity index (χ4n) is 2.10. The molecule has 3 rings (SSSR count). The van der Waals surface area contributed by atoms with Crippen molar-refractivity contribution in [3.8, 4) is 0 Å². The van der Waals surface area contributed by atoms with E-state index in [9.17, 15) is 4.79 Å². The minimum atomic E-state index is -0.141. The highest BCUT2D eigenvalue weighted by Gasteiger charge is 2.19. The molecule has 1 aliphatic carbocycles. The fourth-order valence-corrected chi connectivity index (χ4v) is 2.10. The highest BCUT2D eigenvalue weighted by Crippen LogP contribution is 2.20. The number of hydrogen-bond donors (Lipinski definition) is 2. The number of aromatic nitrogens is 2. The molecule has 0 bridgehead atoms. The highest BCUT2D eigenvalue weighted by molar-refractivity contribution is 6.03. The summed E-state index contributed by atoms with van der Waals surface area (Å²) in [4.78, 5) is 12.1. The van der Waals surface area contributed by atoms with Crippen molar-refractivity contribution >= 4 is 11.6 Å². The van der Waals surface area contributed by atoms with Crippen LogP contribution in [0.4, 0.5) is 5.69 Å². The van der Waals surface area contributed by atoms with Crippen molar-refractivity contribution in [2.24, 2.45) is 7.05 Å². The van der Waals surface area contributed by atoms with Crippen LogP contribution in [0.2, 0.25) is 0 Å². The lowest BCUT2D eigenvalue weighted by Crippen LogP contribution is -2.17. The molecule has 1 aliphatic rings. The van der Waals surface area contributed by atoms with Crippen molar-refractivity contribution in [3.05, 3.63) is 47.8 Å². The molecule has 1 amide bonds. The molecule has 1 aromatic carbocycles. The largest absolute Gasteiger partial charge is 0.321 e. The summed E-state index contributed by atoms with van der Waals surface area (Å²) in [6, 6.07) is 10.3. The number of aryl methyl sites for hydroxylation is 1. The maximum atomic E-state index is 12.1. The van der Waals surface area contributed by atoms with Gasteiger partial charge < -0.3 is 10.6 Å². The van der Waals surface area contributed by atoms with Crippen molar-refractivity contribution in [3.63, 3.8) is 0 Å². The molecule has 1 heterocycles. The Kier molecular flexibility index (Phi) is 3.52. The van der Waals surface area contributed by atoms with Gasteiger partial charge in [0.1, 0.15) is 5.69 Å². The first-order valence-electron chi connectivity index (χ1n) is 6.84. The van der Waals surface area contributed by atoms with Crippen molar-refractivity contribution in [2.45, 2.75) is 25.4 Å². The molecule has 1 saturated carbocycles. The zero-order valence-electron chi connectivity index (χ0n) is 11.5. The number of anilines is 1. The number of benzene rings is 1. The van der Waals surface area contributed by atoms with Crippen molar-refractivity contribution < 1.29 is 4.79 Å². The van der Waals surface area contributed by atoms with E-state index in [4.69, 9.17) is 0 Å². The zero-order chi connectivity index (χ0) is 13.9. The molecule has 0 unspecified atom stereocenters.